The van der Waals surface area contributed by atoms with Crippen molar-refractivity contribution in [1.29, 1.82) is 0 Å². The highest BCUT2D eigenvalue weighted by molar-refractivity contribution is 5.32. The maximum Gasteiger partial charge on any atom is 0.0712 e. The molecule has 1 aromatic heterocycles. The van der Waals surface area contributed by atoms with E-state index in [9.17, 15) is 0 Å². The van der Waals surface area contributed by atoms with Crippen molar-refractivity contribution >= 4 is 0 Å². The maximum atomic E-state index is 4.65. The van der Waals surface area contributed by atoms with E-state index in [1.165, 1.54) is 17.7 Å². The van der Waals surface area contributed by atoms with Crippen molar-refractivity contribution in [3.8, 4) is 0 Å². The number of nitrogens with one attached hydrogen (secondary N) is 1. The smallest absolute Gasteiger partial charge is 0.0712 e. The highest BCUT2D eigenvalue weighted by Gasteiger charge is 2.41. The predicted octanol–water partition coefficient (Wildman–Crippen LogP) is 2.43. The van der Waals surface area contributed by atoms with Gasteiger partial charge in [0.25, 0.3) is 0 Å². The Morgan fingerprint density at radius 2 is 2.18 bits per heavy atom. The molecule has 0 amide bonds. The highest BCUT2D eigenvalue weighted by Crippen LogP contribution is 2.49. The molecule has 2 unspecified atom stereocenters. The Labute approximate surface area is 105 Å². The molecule has 96 valence electrons. The van der Waals surface area contributed by atoms with E-state index in [4.69, 9.17) is 0 Å². The molecular weight excluding hydrogens is 210 g/mol. The van der Waals surface area contributed by atoms with Crippen LogP contribution in [0.4, 0.5) is 0 Å². The zero-order valence-corrected chi connectivity index (χ0v) is 11.7. The minimum Gasteiger partial charge on any atom is -0.317 e. The summed E-state index contributed by atoms with van der Waals surface area (Å²) in [5, 5.41) is 8.10. The molecule has 0 aromatic carbocycles. The summed E-state index contributed by atoms with van der Waals surface area (Å²) in [5.74, 6) is 1.55. The molecule has 0 spiro atoms. The summed E-state index contributed by atoms with van der Waals surface area (Å²) >= 11 is 0. The minimum atomic E-state index is 0.155. The van der Waals surface area contributed by atoms with Gasteiger partial charge >= 0.3 is 0 Å². The van der Waals surface area contributed by atoms with Crippen molar-refractivity contribution in [2.45, 2.75) is 45.4 Å². The molecule has 0 aliphatic heterocycles. The minimum absolute atomic E-state index is 0.155. The third kappa shape index (κ3) is 2.71. The van der Waals surface area contributed by atoms with Crippen LogP contribution in [0.5, 0.6) is 0 Å². The van der Waals surface area contributed by atoms with E-state index in [2.05, 4.69) is 44.3 Å². The standard InChI is InChI=1S/C14H25N3/c1-6-15-8-10-7-11(10)12-9-17(5)16-13(12)14(2,3)4/h9-11,15H,6-8H2,1-5H3. The van der Waals surface area contributed by atoms with Crippen molar-refractivity contribution in [3.63, 3.8) is 0 Å². The summed E-state index contributed by atoms with van der Waals surface area (Å²) in [6.45, 7) is 11.1. The molecule has 0 radical (unpaired) electrons. The maximum absolute atomic E-state index is 4.65. The van der Waals surface area contributed by atoms with Gasteiger partial charge in [-0.3, -0.25) is 4.68 Å². The summed E-state index contributed by atoms with van der Waals surface area (Å²) in [5.41, 5.74) is 2.91. The molecule has 3 nitrogen and oxygen atoms in total. The third-order valence-electron chi connectivity index (χ3n) is 3.55. The second-order valence-electron chi connectivity index (χ2n) is 6.27. The molecule has 0 saturated heterocycles. The number of aryl methyl sites for hydroxylation is 1. The summed E-state index contributed by atoms with van der Waals surface area (Å²) in [4.78, 5) is 0. The van der Waals surface area contributed by atoms with Gasteiger partial charge in [-0.2, -0.15) is 5.10 Å². The van der Waals surface area contributed by atoms with Gasteiger partial charge in [0.2, 0.25) is 0 Å². The Morgan fingerprint density at radius 1 is 1.47 bits per heavy atom. The molecule has 3 heteroatoms. The van der Waals surface area contributed by atoms with E-state index in [-0.39, 0.29) is 5.41 Å². The van der Waals surface area contributed by atoms with E-state index in [1.807, 2.05) is 11.7 Å². The molecule has 0 bridgehead atoms. The van der Waals surface area contributed by atoms with Crippen LogP contribution in [0.1, 0.15) is 51.3 Å². The van der Waals surface area contributed by atoms with Gasteiger partial charge in [-0.15, -0.1) is 0 Å². The lowest BCUT2D eigenvalue weighted by Gasteiger charge is -2.17. The van der Waals surface area contributed by atoms with Crippen LogP contribution < -0.4 is 5.32 Å². The second-order valence-corrected chi connectivity index (χ2v) is 6.27. The van der Waals surface area contributed by atoms with Crippen LogP contribution in [-0.2, 0) is 12.5 Å². The van der Waals surface area contributed by atoms with Gasteiger partial charge in [-0.1, -0.05) is 27.7 Å². The van der Waals surface area contributed by atoms with E-state index < -0.39 is 0 Å². The SMILES string of the molecule is CCNCC1CC1c1cn(C)nc1C(C)(C)C. The van der Waals surface area contributed by atoms with E-state index in [0.29, 0.717) is 0 Å². The fourth-order valence-electron chi connectivity index (χ4n) is 2.54. The zero-order chi connectivity index (χ0) is 12.6. The molecule has 1 aliphatic carbocycles. The van der Waals surface area contributed by atoms with Crippen LogP contribution in [0.2, 0.25) is 0 Å². The van der Waals surface area contributed by atoms with Crippen molar-refractivity contribution < 1.29 is 0 Å². The lowest BCUT2D eigenvalue weighted by molar-refractivity contribution is 0.546. The fraction of sp³-hybridized carbons (Fsp3) is 0.786. The third-order valence-corrected chi connectivity index (χ3v) is 3.55. The average Bonchev–Trinajstić information content (AvgIpc) is 2.88. The normalized spacial score (nSPS) is 24.1. The first-order valence-electron chi connectivity index (χ1n) is 6.68. The average molecular weight is 235 g/mol. The van der Waals surface area contributed by atoms with E-state index in [1.54, 1.807) is 0 Å². The number of nitrogens with zero attached hydrogens (tertiary/aromatic N) is 2. The molecule has 1 fully saturated rings. The number of rotatable bonds is 4. The van der Waals surface area contributed by atoms with Crippen molar-refractivity contribution in [2.24, 2.45) is 13.0 Å². The molecule has 1 aromatic rings. The summed E-state index contributed by atoms with van der Waals surface area (Å²) in [6, 6.07) is 0. The molecule has 2 rings (SSSR count). The van der Waals surface area contributed by atoms with Crippen molar-refractivity contribution in [3.05, 3.63) is 17.5 Å². The topological polar surface area (TPSA) is 29.9 Å². The summed E-state index contributed by atoms with van der Waals surface area (Å²) in [7, 11) is 2.03. The molecule has 1 aliphatic rings. The lowest BCUT2D eigenvalue weighted by atomic mass is 9.88. The molecule has 1 N–H and O–H groups in total. The monoisotopic (exact) mass is 235 g/mol. The first kappa shape index (κ1) is 12.6. The fourth-order valence-corrected chi connectivity index (χ4v) is 2.54. The first-order valence-corrected chi connectivity index (χ1v) is 6.68. The van der Waals surface area contributed by atoms with Crippen molar-refractivity contribution in [2.75, 3.05) is 13.1 Å². The van der Waals surface area contributed by atoms with Gasteiger partial charge in [0.05, 0.1) is 5.69 Å². The molecule has 2 atom stereocenters. The van der Waals surface area contributed by atoms with Gasteiger partial charge in [0, 0.05) is 18.7 Å². The van der Waals surface area contributed by atoms with Crippen LogP contribution in [-0.4, -0.2) is 22.9 Å². The molecule has 1 heterocycles. The van der Waals surface area contributed by atoms with Crippen LogP contribution in [0.25, 0.3) is 0 Å². The van der Waals surface area contributed by atoms with Crippen LogP contribution in [0.15, 0.2) is 6.20 Å². The largest absolute Gasteiger partial charge is 0.317 e. The van der Waals surface area contributed by atoms with Gasteiger partial charge in [-0.05, 0) is 36.9 Å². The zero-order valence-electron chi connectivity index (χ0n) is 11.7. The molecule has 17 heavy (non-hydrogen) atoms. The first-order chi connectivity index (χ1) is 7.93. The van der Waals surface area contributed by atoms with Gasteiger partial charge in [0.1, 0.15) is 0 Å². The summed E-state index contributed by atoms with van der Waals surface area (Å²) in [6.07, 6.45) is 3.54. The Hall–Kier alpha value is -0.830. The predicted molar refractivity (Wildman–Crippen MR) is 71.3 cm³/mol. The Morgan fingerprint density at radius 3 is 2.76 bits per heavy atom. The van der Waals surface area contributed by atoms with Crippen LogP contribution in [0.3, 0.4) is 0 Å². The van der Waals surface area contributed by atoms with Gasteiger partial charge in [0.15, 0.2) is 0 Å². The number of hydrogen-bond acceptors (Lipinski definition) is 2. The number of aromatic nitrogens is 2. The summed E-state index contributed by atoms with van der Waals surface area (Å²) < 4.78 is 1.97. The number of hydrogen-bond donors (Lipinski definition) is 1. The quantitative estimate of drug-likeness (QED) is 0.868. The van der Waals surface area contributed by atoms with E-state index >= 15 is 0 Å². The van der Waals surface area contributed by atoms with Crippen LogP contribution >= 0.6 is 0 Å². The Bertz CT molecular complexity index is 387. The lowest BCUT2D eigenvalue weighted by Crippen LogP contribution is -2.17. The van der Waals surface area contributed by atoms with Gasteiger partial charge < -0.3 is 5.32 Å². The Balaban J connectivity index is 2.12. The molecular formula is C14H25N3. The van der Waals surface area contributed by atoms with E-state index in [0.717, 1.165) is 24.9 Å². The van der Waals surface area contributed by atoms with Crippen molar-refractivity contribution in [1.82, 2.24) is 15.1 Å². The van der Waals surface area contributed by atoms with Crippen LogP contribution in [0, 0.1) is 5.92 Å². The second kappa shape index (κ2) is 4.45. The highest BCUT2D eigenvalue weighted by atomic mass is 15.3. The molecule has 1 saturated carbocycles. The Kier molecular flexibility index (Phi) is 3.30. The van der Waals surface area contributed by atoms with Gasteiger partial charge in [-0.25, -0.2) is 0 Å².